The predicted octanol–water partition coefficient (Wildman–Crippen LogP) is 7.30. The van der Waals surface area contributed by atoms with E-state index < -0.39 is 102 Å². The van der Waals surface area contributed by atoms with Gasteiger partial charge in [0.1, 0.15) is 30.7 Å². The van der Waals surface area contributed by atoms with Gasteiger partial charge in [-0.05, 0) is 98.9 Å². The highest BCUT2D eigenvalue weighted by Crippen LogP contribution is 2.44. The number of aliphatic hydroxyl groups is 1. The van der Waals surface area contributed by atoms with Gasteiger partial charge in [-0.25, -0.2) is 19.3 Å². The van der Waals surface area contributed by atoms with Gasteiger partial charge in [-0.15, -0.1) is 0 Å². The van der Waals surface area contributed by atoms with Crippen LogP contribution >= 0.6 is 23.2 Å². The number of amides is 3. The SMILES string of the molecule is CC[C@H]1OC(=O)[C@H](C)[C@@H](OC(=O)N2C(=O)OC[C@@H]2C)[C@H](C)[C@@H](O[C@@H]2O[C@H](C)C[C@H](N(C)C(C)C)[C@H]2O)[C@@](C)(OC)C[C@@H](C)C(=O)[C@@H](C)[C@H]2N(CCc3ccc(Cl)c(Cl)c3)C(=O)O[C@]12C. The van der Waals surface area contributed by atoms with E-state index in [1.54, 1.807) is 73.6 Å². The van der Waals surface area contributed by atoms with Crippen LogP contribution in [0.4, 0.5) is 14.4 Å². The summed E-state index contributed by atoms with van der Waals surface area (Å²) in [7, 11) is 3.39. The number of ether oxygens (including phenoxy) is 7. The van der Waals surface area contributed by atoms with Crippen LogP contribution < -0.4 is 0 Å². The molecular formula is C46H69Cl2N3O13. The number of cyclic esters (lactones) is 2. The third-order valence-corrected chi connectivity index (χ3v) is 14.9. The zero-order chi connectivity index (χ0) is 47.7. The Bertz CT molecular complexity index is 1870. The molecule has 4 aliphatic rings. The van der Waals surface area contributed by atoms with Gasteiger partial charge in [0, 0.05) is 43.5 Å². The predicted molar refractivity (Wildman–Crippen MR) is 237 cm³/mol. The first-order valence-corrected chi connectivity index (χ1v) is 23.3. The lowest BCUT2D eigenvalue weighted by Crippen LogP contribution is -2.61. The van der Waals surface area contributed by atoms with Gasteiger partial charge in [-0.1, -0.05) is 57.0 Å². The number of ketones is 1. The number of carbonyl (C=O) groups is 5. The number of benzene rings is 1. The first kappa shape index (κ1) is 51.7. The number of aliphatic hydroxyl groups excluding tert-OH is 1. The average Bonchev–Trinajstić information content (AvgIpc) is 3.72. The van der Waals surface area contributed by atoms with Gasteiger partial charge in [0.15, 0.2) is 11.9 Å². The van der Waals surface area contributed by atoms with Crippen molar-refractivity contribution in [1.82, 2.24) is 14.7 Å². The first-order valence-electron chi connectivity index (χ1n) is 22.5. The molecular weight excluding hydrogens is 873 g/mol. The van der Waals surface area contributed by atoms with E-state index in [0.717, 1.165) is 10.5 Å². The van der Waals surface area contributed by atoms with Crippen molar-refractivity contribution in [3.8, 4) is 0 Å². The number of methoxy groups -OCH3 is 1. The van der Waals surface area contributed by atoms with Crippen LogP contribution in [0.2, 0.25) is 10.0 Å². The highest BCUT2D eigenvalue weighted by atomic mass is 35.5. The molecule has 5 rings (SSSR count). The first-order chi connectivity index (χ1) is 29.9. The molecule has 0 radical (unpaired) electrons. The number of rotatable bonds is 10. The second kappa shape index (κ2) is 20.7. The van der Waals surface area contributed by atoms with Crippen LogP contribution in [0.3, 0.4) is 0 Å². The number of Topliss-reactive ketones (excluding diaryl/α,β-unsaturated/α-hetero) is 1. The lowest BCUT2D eigenvalue weighted by Gasteiger charge is -2.49. The Balaban J connectivity index is 1.63. The summed E-state index contributed by atoms with van der Waals surface area (Å²) in [6.07, 6.45) is -7.83. The number of imide groups is 1. The summed E-state index contributed by atoms with van der Waals surface area (Å²) < 4.78 is 43.4. The highest BCUT2D eigenvalue weighted by Gasteiger charge is 2.61. The number of halogens is 2. The molecule has 4 fully saturated rings. The molecule has 1 N–H and O–H groups in total. The molecule has 0 spiro atoms. The van der Waals surface area contributed by atoms with E-state index in [9.17, 15) is 29.1 Å². The quantitative estimate of drug-likeness (QED) is 0.182. The third-order valence-electron chi connectivity index (χ3n) is 14.2. The molecule has 0 saturated carbocycles. The van der Waals surface area contributed by atoms with Crippen molar-refractivity contribution in [2.75, 3.05) is 27.3 Å². The second-order valence-corrected chi connectivity index (χ2v) is 19.9. The molecule has 3 amide bonds. The van der Waals surface area contributed by atoms with Gasteiger partial charge in [0.25, 0.3) is 0 Å². The van der Waals surface area contributed by atoms with E-state index in [1.807, 2.05) is 27.8 Å². The monoisotopic (exact) mass is 941 g/mol. The van der Waals surface area contributed by atoms with Crippen molar-refractivity contribution in [2.45, 2.75) is 174 Å². The fourth-order valence-electron chi connectivity index (χ4n) is 10.2. The van der Waals surface area contributed by atoms with E-state index in [0.29, 0.717) is 22.9 Å². The van der Waals surface area contributed by atoms with E-state index in [1.165, 1.54) is 12.0 Å². The minimum absolute atomic E-state index is 0.0447. The lowest BCUT2D eigenvalue weighted by molar-refractivity contribution is -0.302. The molecule has 0 bridgehead atoms. The lowest BCUT2D eigenvalue weighted by atomic mass is 9.73. The van der Waals surface area contributed by atoms with Crippen molar-refractivity contribution in [3.05, 3.63) is 33.8 Å². The molecule has 1 aromatic rings. The number of nitrogens with zero attached hydrogens (tertiary/aromatic N) is 3. The van der Waals surface area contributed by atoms with Gasteiger partial charge in [-0.3, -0.25) is 19.4 Å². The summed E-state index contributed by atoms with van der Waals surface area (Å²) in [5.41, 5.74) is -2.11. The van der Waals surface area contributed by atoms with Gasteiger partial charge >= 0.3 is 24.2 Å². The van der Waals surface area contributed by atoms with E-state index in [4.69, 9.17) is 56.4 Å². The van der Waals surface area contributed by atoms with Gasteiger partial charge in [0.2, 0.25) is 0 Å². The standard InChI is InChI=1S/C46H69Cl2N3O13/c1-14-34-46(11)38(50(42(55)64-46)18-17-30-15-16-31(47)32(48)20-30)27(7)35(52)24(4)21-45(10,58-13)39(63-41-36(53)33(19-26(6)60-41)49(12)23(2)3)28(8)37(29(9)40(54)61-34)62-44(57)51-25(5)22-59-43(51)56/h15-16,20,23-29,33-34,36-39,41,53H,14,17-19,21-22H2,1-13H3/t24-,25+,26-,27-,28+,29-,33+,34-,36-,37+,38-,39-,41+,45+,46-/m1/s1. The van der Waals surface area contributed by atoms with Crippen LogP contribution in [0, 0.1) is 23.7 Å². The summed E-state index contributed by atoms with van der Waals surface area (Å²) in [5, 5.41) is 12.7. The maximum absolute atomic E-state index is 15.0. The summed E-state index contributed by atoms with van der Waals surface area (Å²) in [4.78, 5) is 75.0. The molecule has 18 heteroatoms. The molecule has 4 heterocycles. The number of fused-ring (bicyclic) bond motifs is 1. The molecule has 4 aliphatic heterocycles. The van der Waals surface area contributed by atoms with Crippen molar-refractivity contribution < 1.29 is 62.2 Å². The summed E-state index contributed by atoms with van der Waals surface area (Å²) in [6, 6.07) is 3.33. The number of likely N-dealkylation sites (N-methyl/N-ethyl adjacent to an activating group) is 1. The minimum atomic E-state index is -1.52. The highest BCUT2D eigenvalue weighted by molar-refractivity contribution is 6.42. The van der Waals surface area contributed by atoms with Crippen LogP contribution in [-0.4, -0.2) is 149 Å². The van der Waals surface area contributed by atoms with Crippen molar-refractivity contribution >= 4 is 53.2 Å². The summed E-state index contributed by atoms with van der Waals surface area (Å²) in [6.45, 7) is 19.6. The molecule has 0 aromatic heterocycles. The number of hydrogen-bond acceptors (Lipinski definition) is 14. The van der Waals surface area contributed by atoms with Crippen molar-refractivity contribution in [3.63, 3.8) is 0 Å². The number of carbonyl (C=O) groups excluding carboxylic acids is 5. The maximum atomic E-state index is 15.0. The molecule has 0 unspecified atom stereocenters. The smallest absolute Gasteiger partial charge is 0.419 e. The van der Waals surface area contributed by atoms with E-state index >= 15 is 0 Å². The second-order valence-electron chi connectivity index (χ2n) is 19.1. The van der Waals surface area contributed by atoms with Crippen LogP contribution in [0.1, 0.15) is 101 Å². The molecule has 4 saturated heterocycles. The Morgan fingerprint density at radius 3 is 2.27 bits per heavy atom. The van der Waals surface area contributed by atoms with Crippen LogP contribution in [0.5, 0.6) is 0 Å². The van der Waals surface area contributed by atoms with E-state index in [-0.39, 0.29) is 50.0 Å². The Morgan fingerprint density at radius 2 is 1.69 bits per heavy atom. The Kier molecular flexibility index (Phi) is 16.8. The van der Waals surface area contributed by atoms with Gasteiger partial charge < -0.3 is 38.3 Å². The van der Waals surface area contributed by atoms with Crippen molar-refractivity contribution in [2.24, 2.45) is 23.7 Å². The largest absolute Gasteiger partial charge is 0.458 e. The van der Waals surface area contributed by atoms with Crippen LogP contribution in [0.15, 0.2) is 18.2 Å². The number of esters is 1. The molecule has 1 aromatic carbocycles. The van der Waals surface area contributed by atoms with Gasteiger partial charge in [-0.2, -0.15) is 0 Å². The van der Waals surface area contributed by atoms with Crippen molar-refractivity contribution in [1.29, 1.82) is 0 Å². The Morgan fingerprint density at radius 1 is 1.02 bits per heavy atom. The summed E-state index contributed by atoms with van der Waals surface area (Å²) in [5.74, 6) is -4.79. The Hall–Kier alpha value is -3.25. The normalized spacial score (nSPS) is 37.9. The summed E-state index contributed by atoms with van der Waals surface area (Å²) >= 11 is 12.5. The van der Waals surface area contributed by atoms with Crippen LogP contribution in [-0.2, 0) is 49.2 Å². The third kappa shape index (κ3) is 10.5. The minimum Gasteiger partial charge on any atom is -0.458 e. The zero-order valence-electron chi connectivity index (χ0n) is 39.5. The fraction of sp³-hybridized carbons (Fsp3) is 0.761. The van der Waals surface area contributed by atoms with E-state index in [2.05, 4.69) is 4.90 Å². The molecule has 15 atom stereocenters. The van der Waals surface area contributed by atoms with Gasteiger partial charge in [0.05, 0.1) is 45.9 Å². The number of hydrogen-bond donors (Lipinski definition) is 1. The molecule has 64 heavy (non-hydrogen) atoms. The molecule has 0 aliphatic carbocycles. The fourth-order valence-corrected chi connectivity index (χ4v) is 10.5. The zero-order valence-corrected chi connectivity index (χ0v) is 41.0. The Labute approximate surface area is 387 Å². The molecule has 16 nitrogen and oxygen atoms in total. The van der Waals surface area contributed by atoms with Crippen LogP contribution in [0.25, 0.3) is 0 Å². The topological polar surface area (TPSA) is 180 Å². The maximum Gasteiger partial charge on any atom is 0.419 e. The average molecular weight is 943 g/mol. The molecule has 360 valence electrons.